The predicted molar refractivity (Wildman–Crippen MR) is 66.7 cm³/mol. The Balaban J connectivity index is 2.70. The number of rotatable bonds is 7. The van der Waals surface area contributed by atoms with E-state index in [1.54, 1.807) is 14.2 Å². The predicted octanol–water partition coefficient (Wildman–Crippen LogP) is 2.67. The summed E-state index contributed by atoms with van der Waals surface area (Å²) in [6, 6.07) is 8.55. The van der Waals surface area contributed by atoms with Gasteiger partial charge in [0.15, 0.2) is 0 Å². The van der Waals surface area contributed by atoms with Crippen molar-refractivity contribution in [3.8, 4) is 0 Å². The van der Waals surface area contributed by atoms with Crippen LogP contribution in [0.5, 0.6) is 0 Å². The molecule has 0 spiro atoms. The minimum atomic E-state index is 0.350. The first-order valence-electron chi connectivity index (χ1n) is 5.64. The summed E-state index contributed by atoms with van der Waals surface area (Å²) in [5.41, 5.74) is 2.31. The Bertz CT molecular complexity index is 302. The molecule has 0 saturated heterocycles. The molecule has 3 nitrogen and oxygen atoms in total. The minimum absolute atomic E-state index is 0.350. The van der Waals surface area contributed by atoms with Gasteiger partial charge in [-0.05, 0) is 12.5 Å². The molecular formula is C13H21NO2. The molecule has 1 unspecified atom stereocenters. The highest BCUT2D eigenvalue weighted by atomic mass is 16.5. The molecule has 1 aromatic rings. The summed E-state index contributed by atoms with van der Waals surface area (Å²) in [7, 11) is 3.44. The molecule has 1 N–H and O–H groups in total. The largest absolute Gasteiger partial charge is 0.383 e. The Hall–Kier alpha value is -1.06. The quantitative estimate of drug-likeness (QED) is 0.771. The summed E-state index contributed by atoms with van der Waals surface area (Å²) in [6.45, 7) is 3.50. The van der Waals surface area contributed by atoms with E-state index in [0.717, 1.165) is 18.7 Å². The lowest BCUT2D eigenvalue weighted by atomic mass is 10.1. The Kier molecular flexibility index (Phi) is 5.90. The number of hydrogen-bond donors (Lipinski definition) is 1. The van der Waals surface area contributed by atoms with Gasteiger partial charge in [-0.25, -0.2) is 0 Å². The SMILES string of the molecule is CCC(COC)Nc1ccccc1COC. The number of ether oxygens (including phenoxy) is 2. The maximum atomic E-state index is 5.17. The smallest absolute Gasteiger partial charge is 0.0733 e. The molecule has 1 atom stereocenters. The molecule has 0 radical (unpaired) electrons. The zero-order valence-corrected chi connectivity index (χ0v) is 10.3. The van der Waals surface area contributed by atoms with Crippen LogP contribution in [0.3, 0.4) is 0 Å². The van der Waals surface area contributed by atoms with Crippen LogP contribution in [0.15, 0.2) is 24.3 Å². The zero-order chi connectivity index (χ0) is 11.8. The summed E-state index contributed by atoms with van der Waals surface area (Å²) in [6.07, 6.45) is 1.04. The molecule has 0 amide bonds. The number of anilines is 1. The highest BCUT2D eigenvalue weighted by Gasteiger charge is 2.08. The third-order valence-corrected chi connectivity index (χ3v) is 2.54. The number of methoxy groups -OCH3 is 2. The highest BCUT2D eigenvalue weighted by molar-refractivity contribution is 5.51. The minimum Gasteiger partial charge on any atom is -0.383 e. The van der Waals surface area contributed by atoms with Crippen LogP contribution in [0.4, 0.5) is 5.69 Å². The average molecular weight is 223 g/mol. The fraction of sp³-hybridized carbons (Fsp3) is 0.538. The van der Waals surface area contributed by atoms with Crippen LogP contribution in [0, 0.1) is 0 Å². The summed E-state index contributed by atoms with van der Waals surface area (Å²) in [5.74, 6) is 0. The maximum Gasteiger partial charge on any atom is 0.0733 e. The number of nitrogens with one attached hydrogen (secondary N) is 1. The molecular weight excluding hydrogens is 202 g/mol. The normalized spacial score (nSPS) is 12.4. The van der Waals surface area contributed by atoms with Crippen LogP contribution in [0.25, 0.3) is 0 Å². The van der Waals surface area contributed by atoms with E-state index in [2.05, 4.69) is 24.4 Å². The third kappa shape index (κ3) is 3.83. The molecule has 0 aliphatic heterocycles. The lowest BCUT2D eigenvalue weighted by Gasteiger charge is -2.19. The second kappa shape index (κ2) is 7.25. The van der Waals surface area contributed by atoms with Crippen molar-refractivity contribution in [1.82, 2.24) is 0 Å². The van der Waals surface area contributed by atoms with E-state index >= 15 is 0 Å². The van der Waals surface area contributed by atoms with Crippen LogP contribution in [0.1, 0.15) is 18.9 Å². The Morgan fingerprint density at radius 1 is 1.19 bits per heavy atom. The van der Waals surface area contributed by atoms with Crippen molar-refractivity contribution in [2.45, 2.75) is 26.0 Å². The van der Waals surface area contributed by atoms with Gasteiger partial charge in [0.25, 0.3) is 0 Å². The second-order valence-corrected chi connectivity index (χ2v) is 3.80. The van der Waals surface area contributed by atoms with Crippen molar-refractivity contribution in [2.75, 3.05) is 26.1 Å². The number of para-hydroxylation sites is 1. The lowest BCUT2D eigenvalue weighted by Crippen LogP contribution is -2.24. The molecule has 0 aromatic heterocycles. The molecule has 0 aliphatic carbocycles. The second-order valence-electron chi connectivity index (χ2n) is 3.80. The van der Waals surface area contributed by atoms with Crippen molar-refractivity contribution in [3.05, 3.63) is 29.8 Å². The molecule has 90 valence electrons. The van der Waals surface area contributed by atoms with Crippen LogP contribution in [0.2, 0.25) is 0 Å². The average Bonchev–Trinajstić information content (AvgIpc) is 2.31. The van der Waals surface area contributed by atoms with Crippen LogP contribution in [-0.2, 0) is 16.1 Å². The summed E-state index contributed by atoms with van der Waals surface area (Å²) in [4.78, 5) is 0. The van der Waals surface area contributed by atoms with Gasteiger partial charge in [0.2, 0.25) is 0 Å². The Labute approximate surface area is 97.8 Å². The standard InChI is InChI=1S/C13H21NO2/c1-4-12(10-16-3)14-13-8-6-5-7-11(13)9-15-2/h5-8,12,14H,4,9-10H2,1-3H3. The Morgan fingerprint density at radius 3 is 2.56 bits per heavy atom. The van der Waals surface area contributed by atoms with E-state index in [0.29, 0.717) is 12.6 Å². The molecule has 0 fully saturated rings. The van der Waals surface area contributed by atoms with Crippen molar-refractivity contribution in [2.24, 2.45) is 0 Å². The number of benzene rings is 1. The molecule has 0 bridgehead atoms. The van der Waals surface area contributed by atoms with Gasteiger partial charge in [0, 0.05) is 31.5 Å². The van der Waals surface area contributed by atoms with Gasteiger partial charge in [0.1, 0.15) is 0 Å². The van der Waals surface area contributed by atoms with Crippen LogP contribution >= 0.6 is 0 Å². The van der Waals surface area contributed by atoms with Crippen LogP contribution in [-0.4, -0.2) is 26.9 Å². The zero-order valence-electron chi connectivity index (χ0n) is 10.3. The number of hydrogen-bond acceptors (Lipinski definition) is 3. The van der Waals surface area contributed by atoms with Gasteiger partial charge >= 0.3 is 0 Å². The Morgan fingerprint density at radius 2 is 1.94 bits per heavy atom. The first-order chi connectivity index (χ1) is 7.81. The van der Waals surface area contributed by atoms with Crippen molar-refractivity contribution >= 4 is 5.69 Å². The molecule has 3 heteroatoms. The summed E-state index contributed by atoms with van der Waals surface area (Å²) < 4.78 is 10.3. The topological polar surface area (TPSA) is 30.5 Å². The fourth-order valence-electron chi connectivity index (χ4n) is 1.63. The first-order valence-corrected chi connectivity index (χ1v) is 5.64. The summed E-state index contributed by atoms with van der Waals surface area (Å²) >= 11 is 0. The monoisotopic (exact) mass is 223 g/mol. The van der Waals surface area contributed by atoms with Gasteiger partial charge in [-0.1, -0.05) is 25.1 Å². The molecule has 1 rings (SSSR count). The van der Waals surface area contributed by atoms with E-state index in [1.807, 2.05) is 12.1 Å². The van der Waals surface area contributed by atoms with E-state index < -0.39 is 0 Å². The molecule has 0 saturated carbocycles. The van der Waals surface area contributed by atoms with Gasteiger partial charge in [0.05, 0.1) is 13.2 Å². The maximum absolute atomic E-state index is 5.17. The van der Waals surface area contributed by atoms with Crippen molar-refractivity contribution in [1.29, 1.82) is 0 Å². The van der Waals surface area contributed by atoms with Crippen molar-refractivity contribution in [3.63, 3.8) is 0 Å². The van der Waals surface area contributed by atoms with Gasteiger partial charge in [-0.15, -0.1) is 0 Å². The van der Waals surface area contributed by atoms with E-state index in [-0.39, 0.29) is 0 Å². The van der Waals surface area contributed by atoms with Gasteiger partial charge in [-0.2, -0.15) is 0 Å². The van der Waals surface area contributed by atoms with Crippen LogP contribution < -0.4 is 5.32 Å². The molecule has 16 heavy (non-hydrogen) atoms. The highest BCUT2D eigenvalue weighted by Crippen LogP contribution is 2.17. The van der Waals surface area contributed by atoms with Crippen molar-refractivity contribution < 1.29 is 9.47 Å². The van der Waals surface area contributed by atoms with E-state index in [4.69, 9.17) is 9.47 Å². The molecule has 1 aromatic carbocycles. The van der Waals surface area contributed by atoms with Gasteiger partial charge < -0.3 is 14.8 Å². The molecule has 0 aliphatic rings. The van der Waals surface area contributed by atoms with E-state index in [1.165, 1.54) is 5.56 Å². The summed E-state index contributed by atoms with van der Waals surface area (Å²) in [5, 5.41) is 3.48. The van der Waals surface area contributed by atoms with E-state index in [9.17, 15) is 0 Å². The van der Waals surface area contributed by atoms with Gasteiger partial charge in [-0.3, -0.25) is 0 Å². The lowest BCUT2D eigenvalue weighted by molar-refractivity contribution is 0.181. The first kappa shape index (κ1) is 13.0. The fourth-order valence-corrected chi connectivity index (χ4v) is 1.63. The third-order valence-electron chi connectivity index (χ3n) is 2.54. The molecule has 0 heterocycles.